The zero-order valence-electron chi connectivity index (χ0n) is 11.6. The molecule has 0 bridgehead atoms. The van der Waals surface area contributed by atoms with E-state index in [1.165, 1.54) is 5.56 Å². The summed E-state index contributed by atoms with van der Waals surface area (Å²) in [6.07, 6.45) is 1.02. The van der Waals surface area contributed by atoms with E-state index in [1.807, 2.05) is 23.1 Å². The lowest BCUT2D eigenvalue weighted by Gasteiger charge is -2.33. The summed E-state index contributed by atoms with van der Waals surface area (Å²) < 4.78 is 0.732. The number of hydrogen-bond acceptors (Lipinski definition) is 1. The summed E-state index contributed by atoms with van der Waals surface area (Å²) in [5.41, 5.74) is 2.89. The van der Waals surface area contributed by atoms with Gasteiger partial charge in [0, 0.05) is 21.7 Å². The van der Waals surface area contributed by atoms with Crippen molar-refractivity contribution in [3.05, 3.63) is 63.1 Å². The lowest BCUT2D eigenvalue weighted by molar-refractivity contribution is 0.0980. The number of hydrogen-bond donors (Lipinski definition) is 0. The van der Waals surface area contributed by atoms with Gasteiger partial charge >= 0.3 is 0 Å². The van der Waals surface area contributed by atoms with Gasteiger partial charge in [0.2, 0.25) is 0 Å². The maximum Gasteiger partial charge on any atom is 0.259 e. The van der Waals surface area contributed by atoms with Crippen molar-refractivity contribution in [3.8, 4) is 0 Å². The smallest absolute Gasteiger partial charge is 0.259 e. The highest BCUT2D eigenvalue weighted by Crippen LogP contribution is 2.32. The Kier molecular flexibility index (Phi) is 4.05. The van der Waals surface area contributed by atoms with Crippen LogP contribution in [-0.4, -0.2) is 12.5 Å². The molecule has 2 aromatic rings. The molecule has 2 aromatic carbocycles. The lowest BCUT2D eigenvalue weighted by Crippen LogP contribution is -2.39. The fraction of sp³-hybridized carbons (Fsp3) is 0.235. The molecule has 1 aliphatic heterocycles. The number of halogens is 2. The average molecular weight is 365 g/mol. The van der Waals surface area contributed by atoms with Gasteiger partial charge in [-0.3, -0.25) is 4.79 Å². The summed E-state index contributed by atoms with van der Waals surface area (Å²) in [6.45, 7) is 2.91. The van der Waals surface area contributed by atoms with E-state index in [0.717, 1.165) is 23.1 Å². The van der Waals surface area contributed by atoms with E-state index in [1.54, 1.807) is 18.2 Å². The largest absolute Gasteiger partial charge is 0.308 e. The predicted octanol–water partition coefficient (Wildman–Crippen LogP) is 4.94. The zero-order chi connectivity index (χ0) is 15.0. The van der Waals surface area contributed by atoms with Gasteiger partial charge < -0.3 is 4.90 Å². The molecule has 1 amide bonds. The molecular weight excluding hydrogens is 350 g/mol. The summed E-state index contributed by atoms with van der Waals surface area (Å²) in [7, 11) is 0. The molecule has 0 aromatic heterocycles. The van der Waals surface area contributed by atoms with Gasteiger partial charge in [-0.25, -0.2) is 0 Å². The molecule has 1 heterocycles. The van der Waals surface area contributed by atoms with Gasteiger partial charge in [-0.15, -0.1) is 0 Å². The van der Waals surface area contributed by atoms with Crippen LogP contribution in [0.3, 0.4) is 0 Å². The Bertz CT molecular complexity index is 701. The summed E-state index contributed by atoms with van der Waals surface area (Å²) >= 11 is 9.39. The third-order valence-electron chi connectivity index (χ3n) is 3.75. The van der Waals surface area contributed by atoms with Crippen LogP contribution < -0.4 is 4.90 Å². The second-order valence-corrected chi connectivity index (χ2v) is 6.77. The van der Waals surface area contributed by atoms with E-state index in [4.69, 9.17) is 11.6 Å². The fourth-order valence-corrected chi connectivity index (χ4v) is 3.65. The van der Waals surface area contributed by atoms with Crippen molar-refractivity contribution < 1.29 is 4.79 Å². The van der Waals surface area contributed by atoms with Gasteiger partial charge in [-0.2, -0.15) is 0 Å². The van der Waals surface area contributed by atoms with E-state index in [-0.39, 0.29) is 5.91 Å². The Morgan fingerprint density at radius 2 is 2.05 bits per heavy atom. The standard InChI is InChI=1S/C17H15BrClNO/c1-11-8-12-4-2-3-5-16(12)20(10-11)17(21)14-7-6-13(19)9-15(14)18/h2-7,9,11H,8,10H2,1H3. The first-order valence-corrected chi connectivity index (χ1v) is 8.08. The molecule has 0 radical (unpaired) electrons. The fourth-order valence-electron chi connectivity index (χ4n) is 2.80. The topological polar surface area (TPSA) is 20.3 Å². The summed E-state index contributed by atoms with van der Waals surface area (Å²) in [6, 6.07) is 13.4. The average Bonchev–Trinajstić information content (AvgIpc) is 2.45. The van der Waals surface area contributed by atoms with Crippen molar-refractivity contribution in [3.63, 3.8) is 0 Å². The van der Waals surface area contributed by atoms with Crippen LogP contribution >= 0.6 is 27.5 Å². The van der Waals surface area contributed by atoms with Crippen molar-refractivity contribution in [2.24, 2.45) is 5.92 Å². The minimum absolute atomic E-state index is 0.0116. The van der Waals surface area contributed by atoms with E-state index in [2.05, 4.69) is 28.9 Å². The summed E-state index contributed by atoms with van der Waals surface area (Å²) in [4.78, 5) is 14.8. The van der Waals surface area contributed by atoms with Gasteiger partial charge in [-0.1, -0.05) is 36.7 Å². The predicted molar refractivity (Wildman–Crippen MR) is 90.1 cm³/mol. The van der Waals surface area contributed by atoms with Gasteiger partial charge in [0.25, 0.3) is 5.91 Å². The Labute approximate surface area is 137 Å². The van der Waals surface area contributed by atoms with Crippen LogP contribution in [-0.2, 0) is 6.42 Å². The number of carbonyl (C=O) groups excluding carboxylic acids is 1. The molecule has 3 rings (SSSR count). The number of benzene rings is 2. The SMILES string of the molecule is CC1Cc2ccccc2N(C(=O)c2ccc(Cl)cc2Br)C1. The minimum atomic E-state index is 0.0116. The molecule has 1 aliphatic rings. The quantitative estimate of drug-likeness (QED) is 0.701. The zero-order valence-corrected chi connectivity index (χ0v) is 14.0. The molecule has 0 N–H and O–H groups in total. The van der Waals surface area contributed by atoms with Gasteiger partial charge in [0.15, 0.2) is 0 Å². The molecule has 108 valence electrons. The molecule has 0 aliphatic carbocycles. The first-order chi connectivity index (χ1) is 10.1. The number of para-hydroxylation sites is 1. The number of amides is 1. The molecule has 0 saturated heterocycles. The van der Waals surface area contributed by atoms with Crippen LogP contribution in [0.15, 0.2) is 46.9 Å². The van der Waals surface area contributed by atoms with Crippen LogP contribution in [0.4, 0.5) is 5.69 Å². The molecule has 21 heavy (non-hydrogen) atoms. The molecule has 0 saturated carbocycles. The molecular formula is C17H15BrClNO. The van der Waals surface area contributed by atoms with E-state index in [0.29, 0.717) is 16.5 Å². The van der Waals surface area contributed by atoms with E-state index >= 15 is 0 Å². The molecule has 0 spiro atoms. The highest BCUT2D eigenvalue weighted by atomic mass is 79.9. The van der Waals surface area contributed by atoms with Crippen molar-refractivity contribution in [1.82, 2.24) is 0 Å². The Morgan fingerprint density at radius 3 is 2.81 bits per heavy atom. The summed E-state index contributed by atoms with van der Waals surface area (Å²) in [5, 5.41) is 0.617. The first kappa shape index (κ1) is 14.6. The van der Waals surface area contributed by atoms with Gasteiger partial charge in [0.1, 0.15) is 0 Å². The number of rotatable bonds is 1. The normalized spacial score (nSPS) is 17.5. The lowest BCUT2D eigenvalue weighted by atomic mass is 9.93. The van der Waals surface area contributed by atoms with Gasteiger partial charge in [0.05, 0.1) is 5.56 Å². The second-order valence-electron chi connectivity index (χ2n) is 5.48. The third-order valence-corrected chi connectivity index (χ3v) is 4.64. The molecule has 0 fully saturated rings. The highest BCUT2D eigenvalue weighted by molar-refractivity contribution is 9.10. The van der Waals surface area contributed by atoms with Crippen molar-refractivity contribution in [2.75, 3.05) is 11.4 Å². The van der Waals surface area contributed by atoms with Crippen molar-refractivity contribution >= 4 is 39.1 Å². The minimum Gasteiger partial charge on any atom is -0.308 e. The van der Waals surface area contributed by atoms with Crippen LogP contribution in [0, 0.1) is 5.92 Å². The maximum absolute atomic E-state index is 12.9. The first-order valence-electron chi connectivity index (χ1n) is 6.91. The Morgan fingerprint density at radius 1 is 1.29 bits per heavy atom. The summed E-state index contributed by atoms with van der Waals surface area (Å²) in [5.74, 6) is 0.465. The molecule has 1 atom stereocenters. The molecule has 2 nitrogen and oxygen atoms in total. The number of fused-ring (bicyclic) bond motifs is 1. The van der Waals surface area contributed by atoms with Crippen LogP contribution in [0.5, 0.6) is 0 Å². The monoisotopic (exact) mass is 363 g/mol. The van der Waals surface area contributed by atoms with Crippen LogP contribution in [0.25, 0.3) is 0 Å². The van der Waals surface area contributed by atoms with Gasteiger partial charge in [-0.05, 0) is 58.1 Å². The van der Waals surface area contributed by atoms with Crippen LogP contribution in [0.1, 0.15) is 22.8 Å². The number of anilines is 1. The van der Waals surface area contributed by atoms with E-state index < -0.39 is 0 Å². The van der Waals surface area contributed by atoms with Crippen molar-refractivity contribution in [1.29, 1.82) is 0 Å². The third kappa shape index (κ3) is 2.85. The molecule has 4 heteroatoms. The number of nitrogens with zero attached hydrogens (tertiary/aromatic N) is 1. The second kappa shape index (κ2) is 5.82. The highest BCUT2D eigenvalue weighted by Gasteiger charge is 2.27. The Balaban J connectivity index is 2.02. The molecule has 1 unspecified atom stereocenters. The Hall–Kier alpha value is -1.32. The van der Waals surface area contributed by atoms with Crippen molar-refractivity contribution in [2.45, 2.75) is 13.3 Å². The van der Waals surface area contributed by atoms with Crippen LogP contribution in [0.2, 0.25) is 5.02 Å². The van der Waals surface area contributed by atoms with E-state index in [9.17, 15) is 4.79 Å². The maximum atomic E-state index is 12.9. The number of carbonyl (C=O) groups is 1.